The Labute approximate surface area is 214 Å². The topological polar surface area (TPSA) is 263 Å². The summed E-state index contributed by atoms with van der Waals surface area (Å²) in [5.41, 5.74) is 10.6. The number of carboxylic acids is 1. The number of rotatable bonds is 15. The van der Waals surface area contributed by atoms with E-state index in [9.17, 15) is 39.0 Å². The Kier molecular flexibility index (Phi) is 13.5. The second-order valence-electron chi connectivity index (χ2n) is 9.06. The molecule has 0 radical (unpaired) electrons. The molecule has 0 bridgehead atoms. The standard InChI is InChI=1S/C22H38N6O9/c1-11(23)18(32)26-14(9-29)20(34)28-17(12-5-3-2-4-6-12)21(35)25-13(7-8-16(24)31)19(33)27-15(10-30)22(36)37/h11-15,17,29-30H,2-10,23H2,1H3,(H2,24,31)(H,25,35)(H,26,32)(H,27,33)(H,28,34)(H,36,37)/t11-,13-,14-,15-,17-/m0/s1. The van der Waals surface area contributed by atoms with Crippen molar-refractivity contribution >= 4 is 35.5 Å². The molecule has 1 saturated carbocycles. The van der Waals surface area contributed by atoms with Gasteiger partial charge in [0.25, 0.3) is 0 Å². The van der Waals surface area contributed by atoms with Crippen LogP contribution in [0, 0.1) is 5.92 Å². The highest BCUT2D eigenvalue weighted by Gasteiger charge is 2.36. The van der Waals surface area contributed by atoms with Gasteiger partial charge < -0.3 is 48.1 Å². The minimum Gasteiger partial charge on any atom is -0.480 e. The van der Waals surface area contributed by atoms with Crippen molar-refractivity contribution in [2.75, 3.05) is 13.2 Å². The molecule has 0 aromatic carbocycles. The summed E-state index contributed by atoms with van der Waals surface area (Å²) < 4.78 is 0. The summed E-state index contributed by atoms with van der Waals surface area (Å²) in [7, 11) is 0. The number of primary amides is 1. The summed E-state index contributed by atoms with van der Waals surface area (Å²) in [5, 5.41) is 37.2. The van der Waals surface area contributed by atoms with E-state index in [1.165, 1.54) is 6.92 Å². The molecule has 0 aliphatic heterocycles. The quantitative estimate of drug-likeness (QED) is 0.0996. The Morgan fingerprint density at radius 1 is 0.784 bits per heavy atom. The fourth-order valence-corrected chi connectivity index (χ4v) is 3.89. The van der Waals surface area contributed by atoms with Crippen LogP contribution in [-0.2, 0) is 28.8 Å². The van der Waals surface area contributed by atoms with E-state index in [0.29, 0.717) is 12.8 Å². The summed E-state index contributed by atoms with van der Waals surface area (Å²) in [4.78, 5) is 73.2. The summed E-state index contributed by atoms with van der Waals surface area (Å²) in [6.45, 7) is -0.276. The summed E-state index contributed by atoms with van der Waals surface area (Å²) in [6, 6.07) is -6.54. The minimum atomic E-state index is -1.65. The highest BCUT2D eigenvalue weighted by atomic mass is 16.4. The molecule has 0 saturated heterocycles. The highest BCUT2D eigenvalue weighted by Crippen LogP contribution is 2.27. The van der Waals surface area contributed by atoms with Gasteiger partial charge in [-0.15, -0.1) is 0 Å². The van der Waals surface area contributed by atoms with E-state index < -0.39 is 78.9 Å². The molecular formula is C22H38N6O9. The number of nitrogens with two attached hydrogens (primary N) is 2. The second kappa shape index (κ2) is 15.7. The zero-order valence-electron chi connectivity index (χ0n) is 20.8. The molecular weight excluding hydrogens is 492 g/mol. The largest absolute Gasteiger partial charge is 0.480 e. The van der Waals surface area contributed by atoms with Crippen LogP contribution in [0.4, 0.5) is 0 Å². The van der Waals surface area contributed by atoms with Crippen molar-refractivity contribution in [2.45, 2.75) is 82.1 Å². The molecule has 5 amide bonds. The zero-order chi connectivity index (χ0) is 28.1. The van der Waals surface area contributed by atoms with Crippen molar-refractivity contribution in [3.8, 4) is 0 Å². The Morgan fingerprint density at radius 2 is 1.30 bits per heavy atom. The van der Waals surface area contributed by atoms with E-state index in [-0.39, 0.29) is 18.8 Å². The number of aliphatic hydroxyl groups is 2. The predicted octanol–water partition coefficient (Wildman–Crippen LogP) is -3.81. The second-order valence-corrected chi connectivity index (χ2v) is 9.06. The van der Waals surface area contributed by atoms with Crippen molar-refractivity contribution in [1.82, 2.24) is 21.3 Å². The van der Waals surface area contributed by atoms with Crippen LogP contribution in [-0.4, -0.2) is 94.2 Å². The number of hydrogen-bond donors (Lipinski definition) is 9. The van der Waals surface area contributed by atoms with Gasteiger partial charge in [0.15, 0.2) is 0 Å². The molecule has 1 aliphatic rings. The highest BCUT2D eigenvalue weighted by molar-refractivity contribution is 5.95. The number of carboxylic acid groups (broad SMARTS) is 1. The molecule has 15 heteroatoms. The van der Waals surface area contributed by atoms with Gasteiger partial charge in [0.2, 0.25) is 29.5 Å². The fraction of sp³-hybridized carbons (Fsp3) is 0.727. The maximum Gasteiger partial charge on any atom is 0.328 e. The van der Waals surface area contributed by atoms with Crippen LogP contribution in [0.25, 0.3) is 0 Å². The molecule has 0 aromatic rings. The van der Waals surface area contributed by atoms with E-state index in [2.05, 4.69) is 21.3 Å². The number of amides is 5. The number of hydrogen-bond acceptors (Lipinski definition) is 9. The van der Waals surface area contributed by atoms with Crippen molar-refractivity contribution < 1.29 is 44.1 Å². The van der Waals surface area contributed by atoms with Crippen molar-refractivity contribution in [3.63, 3.8) is 0 Å². The lowest BCUT2D eigenvalue weighted by molar-refractivity contribution is -0.143. The number of carbonyl (C=O) groups excluding carboxylic acids is 5. The first kappa shape index (κ1) is 31.7. The van der Waals surface area contributed by atoms with Gasteiger partial charge >= 0.3 is 5.97 Å². The molecule has 0 spiro atoms. The Bertz CT molecular complexity index is 831. The van der Waals surface area contributed by atoms with Crippen LogP contribution in [0.3, 0.4) is 0 Å². The Morgan fingerprint density at radius 3 is 1.78 bits per heavy atom. The molecule has 1 rings (SSSR count). The normalized spacial score (nSPS) is 17.8. The van der Waals surface area contributed by atoms with E-state index in [4.69, 9.17) is 16.6 Å². The van der Waals surface area contributed by atoms with Crippen LogP contribution < -0.4 is 32.7 Å². The van der Waals surface area contributed by atoms with Gasteiger partial charge in [0, 0.05) is 6.42 Å². The van der Waals surface area contributed by atoms with Crippen molar-refractivity contribution in [3.05, 3.63) is 0 Å². The average Bonchev–Trinajstić information content (AvgIpc) is 2.86. The first-order chi connectivity index (χ1) is 17.4. The zero-order valence-corrected chi connectivity index (χ0v) is 20.8. The van der Waals surface area contributed by atoms with Crippen LogP contribution in [0.2, 0.25) is 0 Å². The smallest absolute Gasteiger partial charge is 0.328 e. The average molecular weight is 531 g/mol. The number of nitrogens with one attached hydrogen (secondary N) is 4. The molecule has 0 heterocycles. The SMILES string of the molecule is C[C@H](N)C(=O)N[C@@H](CO)C(=O)N[C@H](C(=O)N[C@@H](CCC(N)=O)C(=O)N[C@@H](CO)C(=O)O)C1CCCCC1. The third kappa shape index (κ3) is 10.7. The van der Waals surface area contributed by atoms with Gasteiger partial charge in [-0.1, -0.05) is 19.3 Å². The lowest BCUT2D eigenvalue weighted by Crippen LogP contribution is -2.61. The van der Waals surface area contributed by atoms with Gasteiger partial charge in [0.05, 0.1) is 19.3 Å². The van der Waals surface area contributed by atoms with Crippen molar-refractivity contribution in [1.29, 1.82) is 0 Å². The molecule has 11 N–H and O–H groups in total. The maximum atomic E-state index is 13.3. The van der Waals surface area contributed by atoms with Gasteiger partial charge in [0.1, 0.15) is 24.2 Å². The Balaban J connectivity index is 3.12. The third-order valence-electron chi connectivity index (χ3n) is 6.04. The van der Waals surface area contributed by atoms with Crippen LogP contribution in [0.1, 0.15) is 51.9 Å². The molecule has 1 fully saturated rings. The van der Waals surface area contributed by atoms with Gasteiger partial charge in [-0.25, -0.2) is 4.79 Å². The summed E-state index contributed by atoms with van der Waals surface area (Å²) >= 11 is 0. The lowest BCUT2D eigenvalue weighted by Gasteiger charge is -2.32. The number of aliphatic hydroxyl groups excluding tert-OH is 2. The molecule has 5 atom stereocenters. The van der Waals surface area contributed by atoms with Crippen LogP contribution in [0.5, 0.6) is 0 Å². The number of aliphatic carboxylic acids is 1. The molecule has 1 aliphatic carbocycles. The first-order valence-electron chi connectivity index (χ1n) is 12.1. The van der Waals surface area contributed by atoms with Gasteiger partial charge in [-0.2, -0.15) is 0 Å². The van der Waals surface area contributed by atoms with E-state index in [1.54, 1.807) is 0 Å². The number of carbonyl (C=O) groups is 6. The van der Waals surface area contributed by atoms with E-state index >= 15 is 0 Å². The summed E-state index contributed by atoms with van der Waals surface area (Å²) in [5.74, 6) is -5.88. The third-order valence-corrected chi connectivity index (χ3v) is 6.04. The monoisotopic (exact) mass is 530 g/mol. The summed E-state index contributed by atoms with van der Waals surface area (Å²) in [6.07, 6.45) is 3.10. The molecule has 210 valence electrons. The van der Waals surface area contributed by atoms with Gasteiger partial charge in [-0.3, -0.25) is 24.0 Å². The van der Waals surface area contributed by atoms with E-state index in [1.807, 2.05) is 0 Å². The minimum absolute atomic E-state index is 0.264. The Hall–Kier alpha value is -3.30. The van der Waals surface area contributed by atoms with E-state index in [0.717, 1.165) is 19.3 Å². The molecule has 0 unspecified atom stereocenters. The maximum absolute atomic E-state index is 13.3. The van der Waals surface area contributed by atoms with Gasteiger partial charge in [-0.05, 0) is 32.1 Å². The predicted molar refractivity (Wildman–Crippen MR) is 128 cm³/mol. The van der Waals surface area contributed by atoms with Crippen molar-refractivity contribution in [2.24, 2.45) is 17.4 Å². The molecule has 0 aromatic heterocycles. The first-order valence-corrected chi connectivity index (χ1v) is 12.1. The van der Waals surface area contributed by atoms with Crippen LogP contribution in [0.15, 0.2) is 0 Å². The molecule has 37 heavy (non-hydrogen) atoms. The lowest BCUT2D eigenvalue weighted by atomic mass is 9.83. The van der Waals surface area contributed by atoms with Crippen LogP contribution >= 0.6 is 0 Å². The molecule has 15 nitrogen and oxygen atoms in total. The fourth-order valence-electron chi connectivity index (χ4n) is 3.89.